The van der Waals surface area contributed by atoms with Crippen LogP contribution in [-0.2, 0) is 9.59 Å². The molecule has 0 aliphatic carbocycles. The van der Waals surface area contributed by atoms with Crippen LogP contribution in [0.1, 0.15) is 43.4 Å². The zero-order chi connectivity index (χ0) is 20.3. The average molecular weight is 386 g/mol. The lowest BCUT2D eigenvalue weighted by Crippen LogP contribution is -2.35. The van der Waals surface area contributed by atoms with E-state index < -0.39 is 17.6 Å². The molecule has 1 fully saturated rings. The summed E-state index contributed by atoms with van der Waals surface area (Å²) in [5.41, 5.74) is 1.51. The second-order valence-corrected chi connectivity index (χ2v) is 7.38. The van der Waals surface area contributed by atoms with E-state index in [1.807, 2.05) is 37.3 Å². The molecule has 0 saturated carbocycles. The Morgan fingerprint density at radius 2 is 1.75 bits per heavy atom. The van der Waals surface area contributed by atoms with E-state index in [1.54, 1.807) is 11.8 Å². The molecule has 0 bridgehead atoms. The number of carbonyl (C=O) groups is 2. The number of likely N-dealkylation sites (tertiary alicyclic amines) is 1. The van der Waals surface area contributed by atoms with Gasteiger partial charge >= 0.3 is 0 Å². The first-order valence-electron chi connectivity index (χ1n) is 9.43. The second kappa shape index (κ2) is 8.50. The van der Waals surface area contributed by atoms with Gasteiger partial charge in [0.1, 0.15) is 11.6 Å². The minimum absolute atomic E-state index is 0.0447. The van der Waals surface area contributed by atoms with Crippen molar-refractivity contribution < 1.29 is 18.4 Å². The third-order valence-corrected chi connectivity index (χ3v) is 5.32. The Morgan fingerprint density at radius 3 is 2.39 bits per heavy atom. The second-order valence-electron chi connectivity index (χ2n) is 7.38. The highest BCUT2D eigenvalue weighted by molar-refractivity contribution is 5.89. The number of hydrogen-bond acceptors (Lipinski definition) is 2. The fourth-order valence-electron chi connectivity index (χ4n) is 3.57. The van der Waals surface area contributed by atoms with Gasteiger partial charge in [-0.3, -0.25) is 9.59 Å². The van der Waals surface area contributed by atoms with E-state index in [2.05, 4.69) is 5.32 Å². The van der Waals surface area contributed by atoms with Crippen molar-refractivity contribution in [1.82, 2.24) is 10.2 Å². The molecule has 0 radical (unpaired) electrons. The van der Waals surface area contributed by atoms with Crippen LogP contribution in [0.25, 0.3) is 0 Å². The van der Waals surface area contributed by atoms with Crippen LogP contribution < -0.4 is 5.32 Å². The van der Waals surface area contributed by atoms with E-state index in [4.69, 9.17) is 0 Å². The Bertz CT molecular complexity index is 837. The van der Waals surface area contributed by atoms with Gasteiger partial charge in [0.15, 0.2) is 0 Å². The van der Waals surface area contributed by atoms with Crippen LogP contribution in [0, 0.1) is 17.6 Å². The van der Waals surface area contributed by atoms with Crippen molar-refractivity contribution in [2.45, 2.75) is 32.2 Å². The fraction of sp³-hybridized carbons (Fsp3) is 0.364. The van der Waals surface area contributed by atoms with Gasteiger partial charge < -0.3 is 10.2 Å². The van der Waals surface area contributed by atoms with E-state index in [-0.39, 0.29) is 36.7 Å². The molecule has 2 amide bonds. The van der Waals surface area contributed by atoms with Crippen LogP contribution in [0.5, 0.6) is 0 Å². The number of benzene rings is 2. The van der Waals surface area contributed by atoms with Crippen molar-refractivity contribution in [3.63, 3.8) is 0 Å². The van der Waals surface area contributed by atoms with E-state index in [0.717, 1.165) is 11.6 Å². The summed E-state index contributed by atoms with van der Waals surface area (Å²) in [5.74, 6) is -2.20. The van der Waals surface area contributed by atoms with Crippen LogP contribution >= 0.6 is 0 Å². The Morgan fingerprint density at radius 1 is 1.11 bits per heavy atom. The van der Waals surface area contributed by atoms with Gasteiger partial charge in [-0.2, -0.15) is 0 Å². The summed E-state index contributed by atoms with van der Waals surface area (Å²) >= 11 is 0. The SMILES string of the molecule is CC(CNC(=O)C1CC(=O)N(C(C)c2ccccc2)C1)c1cc(F)cc(F)c1. The minimum Gasteiger partial charge on any atom is -0.355 e. The van der Waals surface area contributed by atoms with Gasteiger partial charge in [-0.1, -0.05) is 37.3 Å². The largest absolute Gasteiger partial charge is 0.355 e. The molecule has 2 aromatic carbocycles. The molecule has 28 heavy (non-hydrogen) atoms. The summed E-state index contributed by atoms with van der Waals surface area (Å²) in [4.78, 5) is 26.7. The van der Waals surface area contributed by atoms with Crippen LogP contribution in [0.2, 0.25) is 0 Å². The lowest BCUT2D eigenvalue weighted by Gasteiger charge is -2.25. The quantitative estimate of drug-likeness (QED) is 0.821. The summed E-state index contributed by atoms with van der Waals surface area (Å²) in [7, 11) is 0. The molecule has 3 unspecified atom stereocenters. The van der Waals surface area contributed by atoms with Crippen LogP contribution in [0.4, 0.5) is 8.78 Å². The summed E-state index contributed by atoms with van der Waals surface area (Å²) in [6, 6.07) is 13.0. The van der Waals surface area contributed by atoms with E-state index in [0.29, 0.717) is 12.1 Å². The third kappa shape index (κ3) is 4.55. The Labute approximate surface area is 163 Å². The lowest BCUT2D eigenvalue weighted by molar-refractivity contribution is -0.130. The number of halogens is 2. The van der Waals surface area contributed by atoms with Gasteiger partial charge in [-0.05, 0) is 36.1 Å². The Balaban J connectivity index is 1.57. The summed E-state index contributed by atoms with van der Waals surface area (Å²) in [6.07, 6.45) is 0.173. The maximum absolute atomic E-state index is 13.4. The molecule has 148 valence electrons. The molecular formula is C22H24F2N2O2. The zero-order valence-electron chi connectivity index (χ0n) is 16.0. The molecule has 4 nitrogen and oxygen atoms in total. The first-order chi connectivity index (χ1) is 13.3. The highest BCUT2D eigenvalue weighted by Gasteiger charge is 2.36. The normalized spacial score (nSPS) is 18.8. The minimum atomic E-state index is -0.639. The molecule has 3 rings (SSSR count). The van der Waals surface area contributed by atoms with Gasteiger partial charge in [-0.15, -0.1) is 0 Å². The molecule has 2 aromatic rings. The molecule has 0 spiro atoms. The molecule has 1 heterocycles. The molecule has 1 aliphatic heterocycles. The Hall–Kier alpha value is -2.76. The maximum atomic E-state index is 13.4. The number of nitrogens with zero attached hydrogens (tertiary/aromatic N) is 1. The molecule has 6 heteroatoms. The van der Waals surface area contributed by atoms with Crippen LogP contribution in [0.15, 0.2) is 48.5 Å². The van der Waals surface area contributed by atoms with Gasteiger partial charge in [0.25, 0.3) is 0 Å². The standard InChI is InChI=1S/C22H24F2N2O2/c1-14(17-8-19(23)11-20(24)9-17)12-25-22(28)18-10-21(27)26(13-18)15(2)16-6-4-3-5-7-16/h3-9,11,14-15,18H,10,12-13H2,1-2H3,(H,25,28). The molecule has 1 saturated heterocycles. The molecule has 1 N–H and O–H groups in total. The predicted molar refractivity (Wildman–Crippen MR) is 102 cm³/mol. The Kier molecular flexibility index (Phi) is 6.07. The van der Waals surface area contributed by atoms with Gasteiger partial charge in [0.2, 0.25) is 11.8 Å². The summed E-state index contributed by atoms with van der Waals surface area (Å²) in [5, 5.41) is 2.82. The van der Waals surface area contributed by atoms with E-state index in [1.165, 1.54) is 12.1 Å². The topological polar surface area (TPSA) is 49.4 Å². The van der Waals surface area contributed by atoms with Crippen LogP contribution in [0.3, 0.4) is 0 Å². The first-order valence-corrected chi connectivity index (χ1v) is 9.43. The van der Waals surface area contributed by atoms with Crippen molar-refractivity contribution in [3.05, 3.63) is 71.3 Å². The molecule has 1 aliphatic rings. The van der Waals surface area contributed by atoms with Crippen molar-refractivity contribution in [2.24, 2.45) is 5.92 Å². The maximum Gasteiger partial charge on any atom is 0.225 e. The van der Waals surface area contributed by atoms with Gasteiger partial charge in [0, 0.05) is 25.6 Å². The zero-order valence-corrected chi connectivity index (χ0v) is 16.0. The fourth-order valence-corrected chi connectivity index (χ4v) is 3.57. The lowest BCUT2D eigenvalue weighted by atomic mass is 10.00. The summed E-state index contributed by atoms with van der Waals surface area (Å²) in [6.45, 7) is 4.36. The predicted octanol–water partition coefficient (Wildman–Crippen LogP) is 3.79. The molecule has 3 atom stereocenters. The molecule has 0 aromatic heterocycles. The van der Waals surface area contributed by atoms with E-state index in [9.17, 15) is 18.4 Å². The number of amides is 2. The van der Waals surface area contributed by atoms with Crippen LogP contribution in [-0.4, -0.2) is 29.8 Å². The smallest absolute Gasteiger partial charge is 0.225 e. The number of rotatable bonds is 6. The monoisotopic (exact) mass is 386 g/mol. The van der Waals surface area contributed by atoms with E-state index >= 15 is 0 Å². The molecular weight excluding hydrogens is 362 g/mol. The van der Waals surface area contributed by atoms with Crippen molar-refractivity contribution in [3.8, 4) is 0 Å². The van der Waals surface area contributed by atoms with Crippen molar-refractivity contribution in [2.75, 3.05) is 13.1 Å². The summed E-state index contributed by atoms with van der Waals surface area (Å²) < 4.78 is 26.7. The highest BCUT2D eigenvalue weighted by Crippen LogP contribution is 2.28. The van der Waals surface area contributed by atoms with Gasteiger partial charge in [-0.25, -0.2) is 8.78 Å². The van der Waals surface area contributed by atoms with Crippen molar-refractivity contribution in [1.29, 1.82) is 0 Å². The number of carbonyl (C=O) groups excluding carboxylic acids is 2. The average Bonchev–Trinajstić information content (AvgIpc) is 3.07. The van der Waals surface area contributed by atoms with Gasteiger partial charge in [0.05, 0.1) is 12.0 Å². The number of nitrogens with one attached hydrogen (secondary N) is 1. The first kappa shape index (κ1) is 20.0. The number of hydrogen-bond donors (Lipinski definition) is 1. The highest BCUT2D eigenvalue weighted by atomic mass is 19.1. The van der Waals surface area contributed by atoms with Crippen molar-refractivity contribution >= 4 is 11.8 Å². The third-order valence-electron chi connectivity index (χ3n) is 5.32.